The number of rotatable bonds is 6. The van der Waals surface area contributed by atoms with E-state index in [2.05, 4.69) is 35.6 Å². The third-order valence-corrected chi connectivity index (χ3v) is 4.50. The van der Waals surface area contributed by atoms with E-state index in [1.807, 2.05) is 0 Å². The predicted octanol–water partition coefficient (Wildman–Crippen LogP) is 3.86. The standard InChI is InChI=1S/C16H24ClN/c17-12-15-8-4-5-9-16(15)13-18-11-10-14-6-2-1-3-7-14/h1-3,6-7,15-16,18H,4-5,8-13H2. The van der Waals surface area contributed by atoms with Gasteiger partial charge in [-0.3, -0.25) is 0 Å². The van der Waals surface area contributed by atoms with E-state index < -0.39 is 0 Å². The lowest BCUT2D eigenvalue weighted by atomic mass is 9.80. The highest BCUT2D eigenvalue weighted by atomic mass is 35.5. The van der Waals surface area contributed by atoms with Gasteiger partial charge in [-0.05, 0) is 49.8 Å². The van der Waals surface area contributed by atoms with Crippen LogP contribution in [0.3, 0.4) is 0 Å². The first-order chi connectivity index (χ1) is 8.90. The van der Waals surface area contributed by atoms with Gasteiger partial charge in [0, 0.05) is 5.88 Å². The Bertz CT molecular complexity index is 325. The molecule has 100 valence electrons. The Kier molecular flexibility index (Phi) is 6.02. The zero-order valence-corrected chi connectivity index (χ0v) is 11.8. The van der Waals surface area contributed by atoms with Crippen molar-refractivity contribution in [2.75, 3.05) is 19.0 Å². The van der Waals surface area contributed by atoms with Gasteiger partial charge < -0.3 is 5.32 Å². The van der Waals surface area contributed by atoms with Crippen molar-refractivity contribution in [2.24, 2.45) is 11.8 Å². The van der Waals surface area contributed by atoms with Crippen LogP contribution < -0.4 is 5.32 Å². The smallest absolute Gasteiger partial charge is 0.0254 e. The van der Waals surface area contributed by atoms with Gasteiger partial charge in [-0.15, -0.1) is 11.6 Å². The van der Waals surface area contributed by atoms with Crippen LogP contribution >= 0.6 is 11.6 Å². The molecule has 0 amide bonds. The van der Waals surface area contributed by atoms with E-state index in [1.54, 1.807) is 0 Å². The van der Waals surface area contributed by atoms with Crippen LogP contribution in [0.25, 0.3) is 0 Å². The minimum absolute atomic E-state index is 0.740. The molecule has 0 heterocycles. The van der Waals surface area contributed by atoms with E-state index in [-0.39, 0.29) is 0 Å². The second kappa shape index (κ2) is 7.81. The molecule has 0 aromatic heterocycles. The maximum absolute atomic E-state index is 6.06. The Balaban J connectivity index is 1.65. The summed E-state index contributed by atoms with van der Waals surface area (Å²) in [5, 5.41) is 3.61. The molecule has 1 aromatic rings. The summed E-state index contributed by atoms with van der Waals surface area (Å²) in [6, 6.07) is 10.7. The van der Waals surface area contributed by atoms with Gasteiger partial charge in [0.2, 0.25) is 0 Å². The maximum atomic E-state index is 6.06. The number of benzene rings is 1. The quantitative estimate of drug-likeness (QED) is 0.608. The lowest BCUT2D eigenvalue weighted by Crippen LogP contribution is -2.32. The van der Waals surface area contributed by atoms with Gasteiger partial charge >= 0.3 is 0 Å². The Hall–Kier alpha value is -0.530. The molecule has 2 unspecified atom stereocenters. The molecule has 2 rings (SSSR count). The van der Waals surface area contributed by atoms with E-state index in [9.17, 15) is 0 Å². The number of halogens is 1. The second-order valence-electron chi connectivity index (χ2n) is 5.40. The molecule has 0 spiro atoms. The zero-order chi connectivity index (χ0) is 12.6. The molecule has 1 N–H and O–H groups in total. The first kappa shape index (κ1) is 13.9. The summed E-state index contributed by atoms with van der Waals surface area (Å²) in [5.41, 5.74) is 1.42. The van der Waals surface area contributed by atoms with Crippen LogP contribution in [-0.2, 0) is 6.42 Å². The van der Waals surface area contributed by atoms with Gasteiger partial charge in [-0.1, -0.05) is 43.2 Å². The fourth-order valence-corrected chi connectivity index (χ4v) is 3.33. The van der Waals surface area contributed by atoms with Crippen LogP contribution in [0.1, 0.15) is 31.2 Å². The monoisotopic (exact) mass is 265 g/mol. The summed E-state index contributed by atoms with van der Waals surface area (Å²) in [6.45, 7) is 2.22. The Morgan fingerprint density at radius 1 is 1.06 bits per heavy atom. The van der Waals surface area contributed by atoms with Gasteiger partial charge in [0.05, 0.1) is 0 Å². The Labute approximate surface area is 116 Å². The van der Waals surface area contributed by atoms with Crippen LogP contribution in [0.2, 0.25) is 0 Å². The number of alkyl halides is 1. The van der Waals surface area contributed by atoms with E-state index in [0.29, 0.717) is 0 Å². The summed E-state index contributed by atoms with van der Waals surface area (Å²) in [7, 11) is 0. The van der Waals surface area contributed by atoms with Gasteiger partial charge in [0.15, 0.2) is 0 Å². The van der Waals surface area contributed by atoms with Crippen molar-refractivity contribution in [1.82, 2.24) is 5.32 Å². The number of nitrogens with one attached hydrogen (secondary N) is 1. The highest BCUT2D eigenvalue weighted by molar-refractivity contribution is 6.18. The lowest BCUT2D eigenvalue weighted by Gasteiger charge is -2.30. The molecule has 1 fully saturated rings. The molecule has 2 heteroatoms. The first-order valence-electron chi connectivity index (χ1n) is 7.20. The predicted molar refractivity (Wildman–Crippen MR) is 79.2 cm³/mol. The molecule has 0 bridgehead atoms. The summed E-state index contributed by atoms with van der Waals surface area (Å²) in [5.74, 6) is 2.38. The molecule has 1 aliphatic rings. The van der Waals surface area contributed by atoms with Crippen LogP contribution in [0.15, 0.2) is 30.3 Å². The van der Waals surface area contributed by atoms with Crippen molar-refractivity contribution in [3.05, 3.63) is 35.9 Å². The van der Waals surface area contributed by atoms with Gasteiger partial charge in [-0.25, -0.2) is 0 Å². The highest BCUT2D eigenvalue weighted by Gasteiger charge is 2.23. The number of hydrogen-bond donors (Lipinski definition) is 1. The zero-order valence-electron chi connectivity index (χ0n) is 11.1. The summed E-state index contributed by atoms with van der Waals surface area (Å²) in [4.78, 5) is 0. The van der Waals surface area contributed by atoms with E-state index >= 15 is 0 Å². The molecule has 1 aromatic carbocycles. The fraction of sp³-hybridized carbons (Fsp3) is 0.625. The van der Waals surface area contributed by atoms with E-state index in [4.69, 9.17) is 11.6 Å². The van der Waals surface area contributed by atoms with Crippen LogP contribution in [0, 0.1) is 11.8 Å². The van der Waals surface area contributed by atoms with Crippen molar-refractivity contribution in [2.45, 2.75) is 32.1 Å². The Morgan fingerprint density at radius 2 is 1.78 bits per heavy atom. The minimum atomic E-state index is 0.740. The molecular weight excluding hydrogens is 242 g/mol. The average Bonchev–Trinajstić information content (AvgIpc) is 2.45. The molecule has 2 atom stereocenters. The molecule has 18 heavy (non-hydrogen) atoms. The SMILES string of the molecule is ClCC1CCCCC1CNCCc1ccccc1. The molecule has 0 radical (unpaired) electrons. The van der Waals surface area contributed by atoms with Crippen LogP contribution in [0.5, 0.6) is 0 Å². The van der Waals surface area contributed by atoms with Gasteiger partial charge in [0.25, 0.3) is 0 Å². The van der Waals surface area contributed by atoms with Gasteiger partial charge in [0.1, 0.15) is 0 Å². The Morgan fingerprint density at radius 3 is 2.50 bits per heavy atom. The molecular formula is C16H24ClN. The van der Waals surface area contributed by atoms with E-state index in [0.717, 1.165) is 37.2 Å². The molecule has 1 aliphatic carbocycles. The minimum Gasteiger partial charge on any atom is -0.316 e. The first-order valence-corrected chi connectivity index (χ1v) is 7.74. The van der Waals surface area contributed by atoms with Crippen molar-refractivity contribution >= 4 is 11.6 Å². The largest absolute Gasteiger partial charge is 0.316 e. The van der Waals surface area contributed by atoms with Crippen LogP contribution in [-0.4, -0.2) is 19.0 Å². The average molecular weight is 266 g/mol. The third-order valence-electron chi connectivity index (χ3n) is 4.10. The van der Waals surface area contributed by atoms with Crippen molar-refractivity contribution in [3.8, 4) is 0 Å². The third kappa shape index (κ3) is 4.29. The maximum Gasteiger partial charge on any atom is 0.0254 e. The number of hydrogen-bond acceptors (Lipinski definition) is 1. The molecule has 1 nitrogen and oxygen atoms in total. The highest BCUT2D eigenvalue weighted by Crippen LogP contribution is 2.30. The van der Waals surface area contributed by atoms with Crippen molar-refractivity contribution < 1.29 is 0 Å². The van der Waals surface area contributed by atoms with Gasteiger partial charge in [-0.2, -0.15) is 0 Å². The van der Waals surface area contributed by atoms with Crippen molar-refractivity contribution in [1.29, 1.82) is 0 Å². The normalized spacial score (nSPS) is 24.1. The fourth-order valence-electron chi connectivity index (χ4n) is 2.92. The van der Waals surface area contributed by atoms with E-state index in [1.165, 1.54) is 31.2 Å². The molecule has 0 aliphatic heterocycles. The molecule has 1 saturated carbocycles. The topological polar surface area (TPSA) is 12.0 Å². The second-order valence-corrected chi connectivity index (χ2v) is 5.71. The molecule has 0 saturated heterocycles. The van der Waals surface area contributed by atoms with Crippen molar-refractivity contribution in [3.63, 3.8) is 0 Å². The lowest BCUT2D eigenvalue weighted by molar-refractivity contribution is 0.251. The summed E-state index contributed by atoms with van der Waals surface area (Å²) in [6.07, 6.45) is 6.57. The summed E-state index contributed by atoms with van der Waals surface area (Å²) >= 11 is 6.06. The van der Waals surface area contributed by atoms with Crippen LogP contribution in [0.4, 0.5) is 0 Å². The summed E-state index contributed by atoms with van der Waals surface area (Å²) < 4.78 is 0.